The first-order chi connectivity index (χ1) is 19.0. The van der Waals surface area contributed by atoms with Crippen molar-refractivity contribution in [2.45, 2.75) is 59.3 Å². The van der Waals surface area contributed by atoms with Crippen LogP contribution < -0.4 is 56.6 Å². The van der Waals surface area contributed by atoms with Gasteiger partial charge in [0.25, 0.3) is 0 Å². The van der Waals surface area contributed by atoms with Crippen LogP contribution in [-0.2, 0) is 30.4 Å². The maximum Gasteiger partial charge on any atom is 1.00 e. The van der Waals surface area contributed by atoms with E-state index < -0.39 is 0 Å². The molecule has 0 amide bonds. The fourth-order valence-corrected chi connectivity index (χ4v) is 4.28. The second-order valence-electron chi connectivity index (χ2n) is 8.59. The van der Waals surface area contributed by atoms with Gasteiger partial charge in [0.15, 0.2) is 0 Å². The fraction of sp³-hybridized carbons (Fsp3) is 0.306. The molecular formula is C36H43Br2Li3O. The minimum Gasteiger partial charge on any atom is -0.382 e. The van der Waals surface area contributed by atoms with Crippen LogP contribution >= 0.6 is 31.9 Å². The number of ether oxygens (including phenoxy) is 1. The summed E-state index contributed by atoms with van der Waals surface area (Å²) >= 11 is 7.15. The van der Waals surface area contributed by atoms with Crippen molar-refractivity contribution in [3.63, 3.8) is 0 Å². The second-order valence-corrected chi connectivity index (χ2v) is 10.3. The summed E-state index contributed by atoms with van der Waals surface area (Å²) in [5.74, 6) is 0. The van der Waals surface area contributed by atoms with Crippen LogP contribution in [0.25, 0.3) is 0 Å². The molecule has 4 aromatic carbocycles. The number of unbranched alkanes of at least 4 members (excludes halogenated alkanes) is 1. The van der Waals surface area contributed by atoms with Crippen LogP contribution in [0, 0.1) is 19.1 Å². The van der Waals surface area contributed by atoms with E-state index >= 15 is 0 Å². The van der Waals surface area contributed by atoms with Gasteiger partial charge in [-0.2, -0.15) is 78.2 Å². The Bertz CT molecular complexity index is 1020. The third-order valence-corrected chi connectivity index (χ3v) is 7.10. The largest absolute Gasteiger partial charge is 1.00 e. The van der Waals surface area contributed by atoms with Crippen LogP contribution in [-0.4, -0.2) is 13.2 Å². The van der Waals surface area contributed by atoms with E-state index in [9.17, 15) is 0 Å². The van der Waals surface area contributed by atoms with Crippen LogP contribution in [0.5, 0.6) is 0 Å². The van der Waals surface area contributed by atoms with Crippen molar-refractivity contribution in [2.24, 2.45) is 0 Å². The molecule has 6 heteroatoms. The predicted molar refractivity (Wildman–Crippen MR) is 176 cm³/mol. The van der Waals surface area contributed by atoms with Gasteiger partial charge in [0.1, 0.15) is 0 Å². The van der Waals surface area contributed by atoms with Gasteiger partial charge >= 0.3 is 56.6 Å². The van der Waals surface area contributed by atoms with E-state index in [1.807, 2.05) is 50.2 Å². The van der Waals surface area contributed by atoms with Crippen molar-refractivity contribution >= 4 is 31.9 Å². The maximum absolute atomic E-state index is 4.83. The molecule has 0 spiro atoms. The first-order valence-electron chi connectivity index (χ1n) is 13.8. The van der Waals surface area contributed by atoms with E-state index in [1.54, 1.807) is 0 Å². The van der Waals surface area contributed by atoms with Gasteiger partial charge in [-0.3, -0.25) is 0 Å². The summed E-state index contributed by atoms with van der Waals surface area (Å²) in [6, 6.07) is 39.5. The van der Waals surface area contributed by atoms with Gasteiger partial charge in [0.05, 0.1) is 0 Å². The minimum atomic E-state index is 0. The van der Waals surface area contributed by atoms with Gasteiger partial charge in [0, 0.05) is 22.2 Å². The zero-order chi connectivity index (χ0) is 28.6. The molecule has 210 valence electrons. The smallest absolute Gasteiger partial charge is 0.382 e. The van der Waals surface area contributed by atoms with E-state index in [1.165, 1.54) is 37.6 Å². The molecule has 0 heterocycles. The first kappa shape index (κ1) is 46.0. The SMILES string of the molecule is Brc1ccccc1CCc1ccccc1Br.CCOCC.[CH2-]CCC.[Li+].[Li+].[Li+].[c-]1ccccc1CCc1[c-]cccc1. The topological polar surface area (TPSA) is 9.23 Å². The zero-order valence-electron chi connectivity index (χ0n) is 26.8. The quantitative estimate of drug-likeness (QED) is 0.195. The van der Waals surface area contributed by atoms with Crippen LogP contribution in [0.15, 0.2) is 106 Å². The molecule has 0 saturated heterocycles. The Labute approximate surface area is 310 Å². The number of halogens is 2. The van der Waals surface area contributed by atoms with Gasteiger partial charge in [-0.15, -0.1) is 0 Å². The summed E-state index contributed by atoms with van der Waals surface area (Å²) in [6.45, 7) is 11.4. The molecule has 0 aliphatic rings. The third-order valence-electron chi connectivity index (χ3n) is 5.55. The minimum absolute atomic E-state index is 0. The summed E-state index contributed by atoms with van der Waals surface area (Å²) in [5, 5.41) is 0. The molecule has 0 fully saturated rings. The summed E-state index contributed by atoms with van der Waals surface area (Å²) in [5.41, 5.74) is 5.26. The molecule has 0 bridgehead atoms. The van der Waals surface area contributed by atoms with Crippen molar-refractivity contribution in [1.82, 2.24) is 0 Å². The maximum atomic E-state index is 4.83. The number of hydrogen-bond acceptors (Lipinski definition) is 1. The molecule has 0 aliphatic heterocycles. The number of benzene rings is 4. The molecule has 0 radical (unpaired) electrons. The van der Waals surface area contributed by atoms with Crippen molar-refractivity contribution in [3.05, 3.63) is 147 Å². The van der Waals surface area contributed by atoms with Crippen molar-refractivity contribution in [3.8, 4) is 0 Å². The second kappa shape index (κ2) is 32.0. The Morgan fingerprint density at radius 2 is 0.929 bits per heavy atom. The van der Waals surface area contributed by atoms with Gasteiger partial charge < -0.3 is 11.7 Å². The Kier molecular flexibility index (Phi) is 35.1. The number of hydrogen-bond donors (Lipinski definition) is 0. The van der Waals surface area contributed by atoms with Gasteiger partial charge in [0.2, 0.25) is 0 Å². The molecule has 4 rings (SSSR count). The zero-order valence-corrected chi connectivity index (χ0v) is 29.9. The van der Waals surface area contributed by atoms with Crippen LogP contribution in [0.2, 0.25) is 0 Å². The molecular weight excluding hydrogens is 629 g/mol. The Balaban J connectivity index is -0.000000537. The Morgan fingerprint density at radius 1 is 0.571 bits per heavy atom. The fourth-order valence-electron chi connectivity index (χ4n) is 3.32. The molecule has 0 N–H and O–H groups in total. The average Bonchev–Trinajstić information content (AvgIpc) is 2.99. The van der Waals surface area contributed by atoms with Gasteiger partial charge in [-0.25, -0.2) is 0 Å². The van der Waals surface area contributed by atoms with Gasteiger partial charge in [-0.1, -0.05) is 81.6 Å². The molecule has 0 saturated carbocycles. The first-order valence-corrected chi connectivity index (χ1v) is 15.4. The monoisotopic (exact) mass is 670 g/mol. The Morgan fingerprint density at radius 3 is 1.19 bits per heavy atom. The van der Waals surface area contributed by atoms with Crippen LogP contribution in [0.1, 0.15) is 55.9 Å². The van der Waals surface area contributed by atoms with Crippen molar-refractivity contribution in [2.75, 3.05) is 13.2 Å². The van der Waals surface area contributed by atoms with Crippen LogP contribution in [0.3, 0.4) is 0 Å². The molecule has 0 aromatic heterocycles. The van der Waals surface area contributed by atoms with E-state index in [-0.39, 0.29) is 56.6 Å². The molecule has 42 heavy (non-hydrogen) atoms. The normalized spacial score (nSPS) is 9.00. The predicted octanol–water partition coefficient (Wildman–Crippen LogP) is 1.74. The van der Waals surface area contributed by atoms with Gasteiger partial charge in [-0.05, 0) is 62.8 Å². The van der Waals surface area contributed by atoms with E-state index in [0.717, 1.165) is 45.3 Å². The standard InChI is InChI=1S/C14H12Br2.C14H12.C4H10O.C4H9.3Li/c15-13-7-3-1-5-11(13)9-10-12-6-2-4-8-14(12)16;1-3-7-13(8-4-1)11-12-14-9-5-2-6-10-14;1-3-5-4-2;1-3-4-2;;;/h1-8H,9-10H2;1-7,9H,11-12H2;3-4H2,1-2H3;1,3-4H2,2H3;;;/q;-2;;-1;3*+1. The molecule has 0 unspecified atom stereocenters. The Hall–Kier alpha value is -0.408. The van der Waals surface area contributed by atoms with E-state index in [4.69, 9.17) is 4.74 Å². The molecule has 4 aromatic rings. The number of rotatable bonds is 9. The summed E-state index contributed by atoms with van der Waals surface area (Å²) in [7, 11) is 0. The van der Waals surface area contributed by atoms with Crippen LogP contribution in [0.4, 0.5) is 0 Å². The summed E-state index contributed by atoms with van der Waals surface area (Å²) < 4.78 is 7.23. The van der Waals surface area contributed by atoms with E-state index in [2.05, 4.69) is 119 Å². The number of aryl methyl sites for hydroxylation is 4. The molecule has 0 aliphatic carbocycles. The summed E-state index contributed by atoms with van der Waals surface area (Å²) in [4.78, 5) is 0. The van der Waals surface area contributed by atoms with E-state index in [0.29, 0.717) is 0 Å². The molecule has 0 atom stereocenters. The van der Waals surface area contributed by atoms with Crippen molar-refractivity contribution < 1.29 is 61.3 Å². The van der Waals surface area contributed by atoms with Crippen molar-refractivity contribution in [1.29, 1.82) is 0 Å². The summed E-state index contributed by atoms with van der Waals surface area (Å²) in [6.07, 6.45) is 6.48. The molecule has 1 nitrogen and oxygen atoms in total. The average molecular weight is 672 g/mol. The third kappa shape index (κ3) is 23.0.